The molecule has 1 N–H and O–H groups in total. The molecule has 2 aromatic carbocycles. The average Bonchev–Trinajstić information content (AvgIpc) is 2.70. The standard InChI is InChI=1S/C22H20ClN3O/c1-15-6-7-18(12-20(15)23)25-22(27)21-13-19(8-10-24-21)26-11-9-16-4-2-3-5-17(16)14-26/h2-8,10,12-13H,9,11,14H2,1H3,(H,25,27). The number of aryl methyl sites for hydroxylation is 1. The monoisotopic (exact) mass is 377 g/mol. The lowest BCUT2D eigenvalue weighted by Crippen LogP contribution is -2.30. The maximum absolute atomic E-state index is 12.6. The van der Waals surface area contributed by atoms with Gasteiger partial charge in [-0.05, 0) is 54.3 Å². The Morgan fingerprint density at radius 1 is 1.11 bits per heavy atom. The van der Waals surface area contributed by atoms with E-state index < -0.39 is 0 Å². The summed E-state index contributed by atoms with van der Waals surface area (Å²) < 4.78 is 0. The van der Waals surface area contributed by atoms with Crippen LogP contribution < -0.4 is 10.2 Å². The number of anilines is 2. The van der Waals surface area contributed by atoms with Crippen LogP contribution in [0, 0.1) is 6.92 Å². The summed E-state index contributed by atoms with van der Waals surface area (Å²) in [4.78, 5) is 19.1. The number of carbonyl (C=O) groups is 1. The lowest BCUT2D eigenvalue weighted by atomic mass is 9.99. The van der Waals surface area contributed by atoms with Crippen molar-refractivity contribution in [3.63, 3.8) is 0 Å². The molecule has 4 nitrogen and oxygen atoms in total. The summed E-state index contributed by atoms with van der Waals surface area (Å²) in [7, 11) is 0. The molecule has 0 spiro atoms. The molecule has 4 rings (SSSR count). The molecule has 136 valence electrons. The Morgan fingerprint density at radius 3 is 2.74 bits per heavy atom. The zero-order chi connectivity index (χ0) is 18.8. The lowest BCUT2D eigenvalue weighted by Gasteiger charge is -2.30. The fourth-order valence-electron chi connectivity index (χ4n) is 3.32. The summed E-state index contributed by atoms with van der Waals surface area (Å²) in [5, 5.41) is 3.49. The number of nitrogens with zero attached hydrogens (tertiary/aromatic N) is 2. The molecule has 5 heteroatoms. The van der Waals surface area contributed by atoms with Gasteiger partial charge in [0.25, 0.3) is 5.91 Å². The summed E-state index contributed by atoms with van der Waals surface area (Å²) in [6.07, 6.45) is 2.69. The van der Waals surface area contributed by atoms with Crippen LogP contribution in [0.3, 0.4) is 0 Å². The summed E-state index contributed by atoms with van der Waals surface area (Å²) >= 11 is 6.14. The maximum Gasteiger partial charge on any atom is 0.274 e. The molecule has 0 aliphatic carbocycles. The van der Waals surface area contributed by atoms with Crippen molar-refractivity contribution >= 4 is 28.9 Å². The fraction of sp³-hybridized carbons (Fsp3) is 0.182. The van der Waals surface area contributed by atoms with Gasteiger partial charge in [-0.2, -0.15) is 0 Å². The first-order valence-electron chi connectivity index (χ1n) is 8.95. The van der Waals surface area contributed by atoms with Crippen molar-refractivity contribution in [2.75, 3.05) is 16.8 Å². The number of nitrogens with one attached hydrogen (secondary N) is 1. The number of rotatable bonds is 3. The van der Waals surface area contributed by atoms with Crippen LogP contribution in [0.5, 0.6) is 0 Å². The normalized spacial score (nSPS) is 13.2. The zero-order valence-electron chi connectivity index (χ0n) is 15.1. The molecule has 0 saturated heterocycles. The van der Waals surface area contributed by atoms with E-state index in [9.17, 15) is 4.79 Å². The molecule has 0 unspecified atom stereocenters. The average molecular weight is 378 g/mol. The molecule has 0 bridgehead atoms. The molecule has 0 radical (unpaired) electrons. The summed E-state index contributed by atoms with van der Waals surface area (Å²) in [6, 6.07) is 17.8. The molecule has 0 atom stereocenters. The van der Waals surface area contributed by atoms with Crippen LogP contribution in [-0.2, 0) is 13.0 Å². The number of aromatic nitrogens is 1. The molecule has 2 heterocycles. The highest BCUT2D eigenvalue weighted by Gasteiger charge is 2.18. The van der Waals surface area contributed by atoms with Gasteiger partial charge in [0.2, 0.25) is 0 Å². The van der Waals surface area contributed by atoms with Gasteiger partial charge in [-0.15, -0.1) is 0 Å². The van der Waals surface area contributed by atoms with E-state index in [0.717, 1.165) is 30.8 Å². The van der Waals surface area contributed by atoms with Crippen molar-refractivity contribution in [1.82, 2.24) is 4.98 Å². The third-order valence-corrected chi connectivity index (χ3v) is 5.31. The predicted molar refractivity (Wildman–Crippen MR) is 110 cm³/mol. The van der Waals surface area contributed by atoms with Crippen LogP contribution in [-0.4, -0.2) is 17.4 Å². The first kappa shape index (κ1) is 17.6. The second-order valence-electron chi connectivity index (χ2n) is 6.76. The number of amides is 1. The van der Waals surface area contributed by atoms with Gasteiger partial charge in [0.1, 0.15) is 5.69 Å². The quantitative estimate of drug-likeness (QED) is 0.709. The minimum atomic E-state index is -0.242. The highest BCUT2D eigenvalue weighted by atomic mass is 35.5. The van der Waals surface area contributed by atoms with Gasteiger partial charge < -0.3 is 10.2 Å². The van der Waals surface area contributed by atoms with Gasteiger partial charge in [-0.1, -0.05) is 41.9 Å². The topological polar surface area (TPSA) is 45.2 Å². The van der Waals surface area contributed by atoms with E-state index >= 15 is 0 Å². The second-order valence-corrected chi connectivity index (χ2v) is 7.16. The highest BCUT2D eigenvalue weighted by molar-refractivity contribution is 6.31. The minimum Gasteiger partial charge on any atom is -0.367 e. The molecular weight excluding hydrogens is 358 g/mol. The third kappa shape index (κ3) is 3.81. The molecule has 27 heavy (non-hydrogen) atoms. The molecule has 0 fully saturated rings. The molecule has 1 aromatic heterocycles. The Labute approximate surface area is 163 Å². The summed E-state index contributed by atoms with van der Waals surface area (Å²) in [5.41, 5.74) is 5.77. The van der Waals surface area contributed by atoms with Crippen molar-refractivity contribution < 1.29 is 4.79 Å². The van der Waals surface area contributed by atoms with Gasteiger partial charge in [-0.25, -0.2) is 0 Å². The van der Waals surface area contributed by atoms with Gasteiger partial charge in [0, 0.05) is 35.7 Å². The molecular formula is C22H20ClN3O. The van der Waals surface area contributed by atoms with E-state index in [1.807, 2.05) is 31.2 Å². The predicted octanol–water partition coefficient (Wildman–Crippen LogP) is 4.86. The van der Waals surface area contributed by atoms with E-state index in [1.54, 1.807) is 12.3 Å². The zero-order valence-corrected chi connectivity index (χ0v) is 15.8. The third-order valence-electron chi connectivity index (χ3n) is 4.90. The molecule has 1 amide bonds. The van der Waals surface area contributed by atoms with Crippen LogP contribution in [0.1, 0.15) is 27.2 Å². The van der Waals surface area contributed by atoms with Gasteiger partial charge in [0.15, 0.2) is 0 Å². The number of fused-ring (bicyclic) bond motifs is 1. The lowest BCUT2D eigenvalue weighted by molar-refractivity contribution is 0.102. The van der Waals surface area contributed by atoms with E-state index in [0.29, 0.717) is 16.4 Å². The first-order valence-corrected chi connectivity index (χ1v) is 9.33. The van der Waals surface area contributed by atoms with Crippen LogP contribution in [0.4, 0.5) is 11.4 Å². The van der Waals surface area contributed by atoms with Crippen molar-refractivity contribution in [2.24, 2.45) is 0 Å². The summed E-state index contributed by atoms with van der Waals surface area (Å²) in [5.74, 6) is -0.242. The Kier molecular flexibility index (Phi) is 4.82. The number of benzene rings is 2. The smallest absolute Gasteiger partial charge is 0.274 e. The number of halogens is 1. The first-order chi connectivity index (χ1) is 13.1. The molecule has 1 aliphatic heterocycles. The highest BCUT2D eigenvalue weighted by Crippen LogP contribution is 2.25. The Balaban J connectivity index is 1.52. The van der Waals surface area contributed by atoms with E-state index in [2.05, 4.69) is 39.5 Å². The molecule has 3 aromatic rings. The van der Waals surface area contributed by atoms with Crippen molar-refractivity contribution in [3.8, 4) is 0 Å². The van der Waals surface area contributed by atoms with E-state index in [1.165, 1.54) is 11.1 Å². The summed E-state index contributed by atoms with van der Waals surface area (Å²) in [6.45, 7) is 3.69. The Bertz CT molecular complexity index is 1000. The largest absolute Gasteiger partial charge is 0.367 e. The van der Waals surface area contributed by atoms with Crippen LogP contribution in [0.25, 0.3) is 0 Å². The Morgan fingerprint density at radius 2 is 1.93 bits per heavy atom. The molecule has 0 saturated carbocycles. The van der Waals surface area contributed by atoms with Crippen LogP contribution in [0.15, 0.2) is 60.8 Å². The number of carbonyl (C=O) groups excluding carboxylic acids is 1. The molecule has 1 aliphatic rings. The number of hydrogen-bond acceptors (Lipinski definition) is 3. The van der Waals surface area contributed by atoms with E-state index in [4.69, 9.17) is 11.6 Å². The number of hydrogen-bond donors (Lipinski definition) is 1. The van der Waals surface area contributed by atoms with Gasteiger partial charge >= 0.3 is 0 Å². The van der Waals surface area contributed by atoms with E-state index in [-0.39, 0.29) is 5.91 Å². The minimum absolute atomic E-state index is 0.242. The Hall–Kier alpha value is -2.85. The van der Waals surface area contributed by atoms with Crippen molar-refractivity contribution in [1.29, 1.82) is 0 Å². The van der Waals surface area contributed by atoms with Crippen molar-refractivity contribution in [3.05, 3.63) is 88.2 Å². The van der Waals surface area contributed by atoms with Crippen LogP contribution >= 0.6 is 11.6 Å². The maximum atomic E-state index is 12.6. The van der Waals surface area contributed by atoms with Gasteiger partial charge in [-0.3, -0.25) is 9.78 Å². The second kappa shape index (κ2) is 7.41. The SMILES string of the molecule is Cc1ccc(NC(=O)c2cc(N3CCc4ccccc4C3)ccn2)cc1Cl. The van der Waals surface area contributed by atoms with Crippen molar-refractivity contribution in [2.45, 2.75) is 19.9 Å². The van der Waals surface area contributed by atoms with Gasteiger partial charge in [0.05, 0.1) is 0 Å². The number of pyridine rings is 1. The van der Waals surface area contributed by atoms with Crippen LogP contribution in [0.2, 0.25) is 5.02 Å². The fourth-order valence-corrected chi connectivity index (χ4v) is 3.50.